The summed E-state index contributed by atoms with van der Waals surface area (Å²) in [6.07, 6.45) is 1.99. The Labute approximate surface area is 213 Å². The van der Waals surface area contributed by atoms with Crippen molar-refractivity contribution in [2.45, 2.75) is 32.7 Å². The van der Waals surface area contributed by atoms with Gasteiger partial charge in [-0.05, 0) is 48.7 Å². The molecule has 0 aliphatic carbocycles. The van der Waals surface area contributed by atoms with Crippen LogP contribution in [0.15, 0.2) is 78.4 Å². The van der Waals surface area contributed by atoms with Gasteiger partial charge in [-0.3, -0.25) is 14.5 Å². The number of fused-ring (bicyclic) bond motifs is 1. The standard InChI is InChI=1S/C29H26N2O4S/c1-3-4-16-35-21-13-11-19(12-14-21)25-24(26(32)20-8-6-5-7-9-20)27(33)28(34)31(25)29-30-22-15-10-18(2)17-23(22)36-29/h5-15,17,25,32H,3-4,16H2,1-2H3. The van der Waals surface area contributed by atoms with E-state index < -0.39 is 17.7 Å². The molecule has 1 unspecified atom stereocenters. The number of benzene rings is 3. The summed E-state index contributed by atoms with van der Waals surface area (Å²) in [4.78, 5) is 32.8. The number of aliphatic hydroxyl groups excluding tert-OH is 1. The first-order valence-corrected chi connectivity index (χ1v) is 12.8. The normalized spacial score (nSPS) is 17.2. The van der Waals surface area contributed by atoms with Crippen LogP contribution in [0.25, 0.3) is 16.0 Å². The number of rotatable bonds is 7. The molecular weight excluding hydrogens is 472 g/mol. The van der Waals surface area contributed by atoms with Gasteiger partial charge in [-0.2, -0.15) is 0 Å². The van der Waals surface area contributed by atoms with Crippen LogP contribution in [0.2, 0.25) is 0 Å². The number of thiazole rings is 1. The Hall–Kier alpha value is -3.97. The van der Waals surface area contributed by atoms with Crippen molar-refractivity contribution in [3.05, 3.63) is 95.1 Å². The number of ketones is 1. The fraction of sp³-hybridized carbons (Fsp3) is 0.207. The van der Waals surface area contributed by atoms with Crippen LogP contribution in [0.1, 0.15) is 42.5 Å². The van der Waals surface area contributed by atoms with Crippen molar-refractivity contribution in [2.24, 2.45) is 0 Å². The van der Waals surface area contributed by atoms with Crippen LogP contribution < -0.4 is 9.64 Å². The van der Waals surface area contributed by atoms with Gasteiger partial charge in [0, 0.05) is 5.56 Å². The molecule has 1 amide bonds. The number of Topliss-reactive ketones (excluding diaryl/α,β-unsaturated/α-hetero) is 1. The second-order valence-electron chi connectivity index (χ2n) is 8.77. The van der Waals surface area contributed by atoms with E-state index in [1.54, 1.807) is 24.3 Å². The monoisotopic (exact) mass is 498 g/mol. The average molecular weight is 499 g/mol. The minimum absolute atomic E-state index is 0.0429. The summed E-state index contributed by atoms with van der Waals surface area (Å²) in [6, 6.07) is 21.2. The van der Waals surface area contributed by atoms with E-state index in [0.29, 0.717) is 28.6 Å². The number of nitrogens with zero attached hydrogens (tertiary/aromatic N) is 2. The Morgan fingerprint density at radius 3 is 2.53 bits per heavy atom. The van der Waals surface area contributed by atoms with Crippen molar-refractivity contribution in [3.8, 4) is 5.75 Å². The number of anilines is 1. The number of carbonyl (C=O) groups is 2. The first kappa shape index (κ1) is 23.8. The molecule has 0 radical (unpaired) electrons. The Morgan fingerprint density at radius 2 is 1.81 bits per heavy atom. The zero-order valence-electron chi connectivity index (χ0n) is 20.1. The van der Waals surface area contributed by atoms with E-state index in [4.69, 9.17) is 4.74 Å². The molecular formula is C29H26N2O4S. The van der Waals surface area contributed by atoms with Gasteiger partial charge in [0.2, 0.25) is 0 Å². The van der Waals surface area contributed by atoms with E-state index in [2.05, 4.69) is 11.9 Å². The molecule has 1 atom stereocenters. The number of hydrogen-bond acceptors (Lipinski definition) is 6. The lowest BCUT2D eigenvalue weighted by Gasteiger charge is -2.23. The SMILES string of the molecule is CCCCOc1ccc(C2C(=C(O)c3ccccc3)C(=O)C(=O)N2c2nc3ccc(C)cc3s2)cc1. The molecule has 0 bridgehead atoms. The molecule has 1 saturated heterocycles. The number of ether oxygens (including phenoxy) is 1. The molecule has 182 valence electrons. The summed E-state index contributed by atoms with van der Waals surface area (Å²) in [5.41, 5.74) is 3.04. The van der Waals surface area contributed by atoms with Gasteiger partial charge in [-0.15, -0.1) is 0 Å². The Kier molecular flexibility index (Phi) is 6.57. The average Bonchev–Trinajstić information content (AvgIpc) is 3.42. The van der Waals surface area contributed by atoms with Crippen LogP contribution in [0.5, 0.6) is 5.75 Å². The van der Waals surface area contributed by atoms with Crippen LogP contribution in [0, 0.1) is 6.92 Å². The van der Waals surface area contributed by atoms with E-state index in [0.717, 1.165) is 28.6 Å². The third-order valence-corrected chi connectivity index (χ3v) is 7.21. The first-order chi connectivity index (χ1) is 17.5. The fourth-order valence-electron chi connectivity index (χ4n) is 4.30. The topological polar surface area (TPSA) is 79.7 Å². The molecule has 3 aromatic carbocycles. The van der Waals surface area contributed by atoms with E-state index in [1.165, 1.54) is 16.2 Å². The van der Waals surface area contributed by atoms with Crippen molar-refractivity contribution in [1.82, 2.24) is 4.98 Å². The first-order valence-electron chi connectivity index (χ1n) is 11.9. The smallest absolute Gasteiger partial charge is 0.301 e. The maximum absolute atomic E-state index is 13.4. The number of aryl methyl sites for hydroxylation is 1. The minimum atomic E-state index is -0.823. The molecule has 0 spiro atoms. The maximum Gasteiger partial charge on any atom is 0.301 e. The molecule has 36 heavy (non-hydrogen) atoms. The highest BCUT2D eigenvalue weighted by molar-refractivity contribution is 7.22. The Morgan fingerprint density at radius 1 is 1.06 bits per heavy atom. The number of carbonyl (C=O) groups excluding carboxylic acids is 2. The van der Waals surface area contributed by atoms with Crippen molar-refractivity contribution >= 4 is 44.1 Å². The maximum atomic E-state index is 13.4. The molecule has 1 aliphatic rings. The minimum Gasteiger partial charge on any atom is -0.507 e. The van der Waals surface area contributed by atoms with Gasteiger partial charge in [-0.1, -0.05) is 73.2 Å². The van der Waals surface area contributed by atoms with Crippen LogP contribution in [-0.4, -0.2) is 28.4 Å². The second kappa shape index (κ2) is 9.95. The zero-order chi connectivity index (χ0) is 25.2. The summed E-state index contributed by atoms with van der Waals surface area (Å²) in [7, 11) is 0. The van der Waals surface area contributed by atoms with E-state index in [-0.39, 0.29) is 11.3 Å². The largest absolute Gasteiger partial charge is 0.507 e. The van der Waals surface area contributed by atoms with Crippen molar-refractivity contribution in [3.63, 3.8) is 0 Å². The van der Waals surface area contributed by atoms with Crippen LogP contribution >= 0.6 is 11.3 Å². The molecule has 4 aromatic rings. The number of amides is 1. The molecule has 1 N–H and O–H groups in total. The van der Waals surface area contributed by atoms with Gasteiger partial charge < -0.3 is 9.84 Å². The van der Waals surface area contributed by atoms with Gasteiger partial charge in [0.05, 0.1) is 28.4 Å². The number of unbranched alkanes of at least 4 members (excludes halogenated alkanes) is 1. The third-order valence-electron chi connectivity index (χ3n) is 6.19. The summed E-state index contributed by atoms with van der Waals surface area (Å²) >= 11 is 1.35. The molecule has 0 saturated carbocycles. The molecule has 2 heterocycles. The highest BCUT2D eigenvalue weighted by atomic mass is 32.1. The van der Waals surface area contributed by atoms with E-state index >= 15 is 0 Å². The highest BCUT2D eigenvalue weighted by Crippen LogP contribution is 2.44. The van der Waals surface area contributed by atoms with Crippen LogP contribution in [0.4, 0.5) is 5.13 Å². The van der Waals surface area contributed by atoms with E-state index in [1.807, 2.05) is 55.5 Å². The van der Waals surface area contributed by atoms with Crippen molar-refractivity contribution in [1.29, 1.82) is 0 Å². The van der Waals surface area contributed by atoms with Crippen molar-refractivity contribution < 1.29 is 19.4 Å². The summed E-state index contributed by atoms with van der Waals surface area (Å²) < 4.78 is 6.72. The van der Waals surface area contributed by atoms with E-state index in [9.17, 15) is 14.7 Å². The number of aliphatic hydroxyl groups is 1. The Bertz CT molecular complexity index is 1460. The summed E-state index contributed by atoms with van der Waals surface area (Å²) in [5.74, 6) is -0.944. The predicted octanol–water partition coefficient (Wildman–Crippen LogP) is 6.41. The lowest BCUT2D eigenvalue weighted by Crippen LogP contribution is -2.29. The van der Waals surface area contributed by atoms with Gasteiger partial charge in [0.1, 0.15) is 11.5 Å². The molecule has 1 aromatic heterocycles. The second-order valence-corrected chi connectivity index (χ2v) is 9.78. The number of hydrogen-bond donors (Lipinski definition) is 1. The number of aromatic nitrogens is 1. The predicted molar refractivity (Wildman–Crippen MR) is 142 cm³/mol. The molecule has 1 aliphatic heterocycles. The van der Waals surface area contributed by atoms with Gasteiger partial charge in [-0.25, -0.2) is 4.98 Å². The summed E-state index contributed by atoms with van der Waals surface area (Å²) in [6.45, 7) is 4.72. The highest BCUT2D eigenvalue weighted by Gasteiger charge is 2.48. The molecule has 6 nitrogen and oxygen atoms in total. The lowest BCUT2D eigenvalue weighted by molar-refractivity contribution is -0.132. The Balaban J connectivity index is 1.63. The molecule has 5 rings (SSSR count). The zero-order valence-corrected chi connectivity index (χ0v) is 20.9. The van der Waals surface area contributed by atoms with Gasteiger partial charge in [0.25, 0.3) is 5.78 Å². The quantitative estimate of drug-likeness (QED) is 0.138. The molecule has 1 fully saturated rings. The fourth-order valence-corrected chi connectivity index (χ4v) is 5.39. The van der Waals surface area contributed by atoms with Gasteiger partial charge in [0.15, 0.2) is 5.13 Å². The van der Waals surface area contributed by atoms with Crippen LogP contribution in [0.3, 0.4) is 0 Å². The lowest BCUT2D eigenvalue weighted by atomic mass is 9.95. The molecule has 7 heteroatoms. The summed E-state index contributed by atoms with van der Waals surface area (Å²) in [5, 5.41) is 11.6. The van der Waals surface area contributed by atoms with Crippen molar-refractivity contribution in [2.75, 3.05) is 11.5 Å². The van der Waals surface area contributed by atoms with Gasteiger partial charge >= 0.3 is 5.91 Å². The third kappa shape index (κ3) is 4.38. The van der Waals surface area contributed by atoms with Crippen LogP contribution in [-0.2, 0) is 9.59 Å².